The Hall–Kier alpha value is -2.05. The zero-order valence-corrected chi connectivity index (χ0v) is 11.7. The van der Waals surface area contributed by atoms with Crippen molar-refractivity contribution in [3.63, 3.8) is 0 Å². The SMILES string of the molecule is CCOCn1cc(NC(=O)Nc2ccc(Cl)cc2)cn1. The van der Waals surface area contributed by atoms with Gasteiger partial charge in [0, 0.05) is 17.3 Å². The Morgan fingerprint density at radius 1 is 1.30 bits per heavy atom. The van der Waals surface area contributed by atoms with Crippen molar-refractivity contribution in [2.75, 3.05) is 17.2 Å². The minimum absolute atomic E-state index is 0.344. The van der Waals surface area contributed by atoms with E-state index in [1.54, 1.807) is 41.3 Å². The molecule has 0 aliphatic carbocycles. The van der Waals surface area contributed by atoms with Gasteiger partial charge < -0.3 is 15.4 Å². The summed E-state index contributed by atoms with van der Waals surface area (Å²) in [6, 6.07) is 6.51. The summed E-state index contributed by atoms with van der Waals surface area (Å²) < 4.78 is 6.80. The van der Waals surface area contributed by atoms with Crippen LogP contribution in [0, 0.1) is 0 Å². The van der Waals surface area contributed by atoms with Crippen LogP contribution < -0.4 is 10.6 Å². The highest BCUT2D eigenvalue weighted by atomic mass is 35.5. The van der Waals surface area contributed by atoms with Crippen molar-refractivity contribution in [2.24, 2.45) is 0 Å². The number of anilines is 2. The topological polar surface area (TPSA) is 68.2 Å². The summed E-state index contributed by atoms with van der Waals surface area (Å²) in [5.74, 6) is 0. The van der Waals surface area contributed by atoms with Gasteiger partial charge in [-0.2, -0.15) is 5.10 Å². The Kier molecular flexibility index (Phi) is 4.97. The molecule has 0 bridgehead atoms. The van der Waals surface area contributed by atoms with Crippen LogP contribution in [-0.2, 0) is 11.5 Å². The molecule has 0 fully saturated rings. The average molecular weight is 295 g/mol. The molecule has 20 heavy (non-hydrogen) atoms. The van der Waals surface area contributed by atoms with Crippen LogP contribution in [0.5, 0.6) is 0 Å². The van der Waals surface area contributed by atoms with Crippen LogP contribution in [0.25, 0.3) is 0 Å². The molecule has 0 unspecified atom stereocenters. The molecule has 1 aromatic carbocycles. The molecule has 0 saturated heterocycles. The highest BCUT2D eigenvalue weighted by Crippen LogP contribution is 2.14. The number of halogens is 1. The molecule has 2 rings (SSSR count). The van der Waals surface area contributed by atoms with Crippen molar-refractivity contribution >= 4 is 29.0 Å². The van der Waals surface area contributed by atoms with Gasteiger partial charge in [0.25, 0.3) is 0 Å². The molecule has 2 amide bonds. The number of amides is 2. The zero-order valence-electron chi connectivity index (χ0n) is 11.0. The van der Waals surface area contributed by atoms with E-state index in [0.29, 0.717) is 29.7 Å². The highest BCUT2D eigenvalue weighted by molar-refractivity contribution is 6.30. The second-order valence-electron chi connectivity index (χ2n) is 3.98. The maximum Gasteiger partial charge on any atom is 0.323 e. The molecule has 0 saturated carbocycles. The fraction of sp³-hybridized carbons (Fsp3) is 0.231. The number of carbonyl (C=O) groups is 1. The quantitative estimate of drug-likeness (QED) is 0.890. The first-order valence-corrected chi connectivity index (χ1v) is 6.49. The van der Waals surface area contributed by atoms with Gasteiger partial charge in [0.15, 0.2) is 0 Å². The number of rotatable bonds is 5. The van der Waals surface area contributed by atoms with E-state index >= 15 is 0 Å². The summed E-state index contributed by atoms with van der Waals surface area (Å²) >= 11 is 5.77. The third-order valence-corrected chi connectivity index (χ3v) is 2.67. The van der Waals surface area contributed by atoms with E-state index in [-0.39, 0.29) is 6.03 Å². The maximum absolute atomic E-state index is 11.8. The predicted octanol–water partition coefficient (Wildman–Crippen LogP) is 3.17. The van der Waals surface area contributed by atoms with Crippen LogP contribution >= 0.6 is 11.6 Å². The van der Waals surface area contributed by atoms with E-state index in [1.165, 1.54) is 0 Å². The molecule has 1 heterocycles. The van der Waals surface area contributed by atoms with Crippen LogP contribution in [0.4, 0.5) is 16.2 Å². The molecule has 0 atom stereocenters. The molecule has 106 valence electrons. The van der Waals surface area contributed by atoms with E-state index in [2.05, 4.69) is 15.7 Å². The fourth-order valence-electron chi connectivity index (χ4n) is 1.51. The van der Waals surface area contributed by atoms with E-state index < -0.39 is 0 Å². The molecule has 1 aromatic heterocycles. The van der Waals surface area contributed by atoms with Crippen LogP contribution in [0.15, 0.2) is 36.7 Å². The molecule has 0 aliphatic heterocycles. The molecule has 7 heteroatoms. The van der Waals surface area contributed by atoms with Crippen LogP contribution in [-0.4, -0.2) is 22.4 Å². The first kappa shape index (κ1) is 14.4. The third-order valence-electron chi connectivity index (χ3n) is 2.42. The largest absolute Gasteiger partial charge is 0.360 e. The number of benzene rings is 1. The first-order valence-electron chi connectivity index (χ1n) is 6.11. The molecule has 0 radical (unpaired) electrons. The summed E-state index contributed by atoms with van der Waals surface area (Å²) in [6.45, 7) is 2.87. The summed E-state index contributed by atoms with van der Waals surface area (Å²) in [4.78, 5) is 11.8. The number of aromatic nitrogens is 2. The minimum atomic E-state index is -0.344. The van der Waals surface area contributed by atoms with Gasteiger partial charge >= 0.3 is 6.03 Å². The Morgan fingerprint density at radius 3 is 2.70 bits per heavy atom. The lowest BCUT2D eigenvalue weighted by Gasteiger charge is -2.05. The Bertz CT molecular complexity index is 568. The van der Waals surface area contributed by atoms with E-state index in [0.717, 1.165) is 0 Å². The zero-order chi connectivity index (χ0) is 14.4. The molecule has 2 aromatic rings. The van der Waals surface area contributed by atoms with E-state index in [4.69, 9.17) is 16.3 Å². The van der Waals surface area contributed by atoms with Gasteiger partial charge in [-0.25, -0.2) is 9.48 Å². The van der Waals surface area contributed by atoms with E-state index in [1.807, 2.05) is 6.92 Å². The number of hydrogen-bond donors (Lipinski definition) is 2. The standard InChI is InChI=1S/C13H15ClN4O2/c1-2-20-9-18-8-12(7-15-18)17-13(19)16-11-5-3-10(14)4-6-11/h3-8H,2,9H2,1H3,(H2,16,17,19). The van der Waals surface area contributed by atoms with Gasteiger partial charge in [-0.1, -0.05) is 11.6 Å². The van der Waals surface area contributed by atoms with Gasteiger partial charge in [-0.05, 0) is 31.2 Å². The second kappa shape index (κ2) is 6.93. The van der Waals surface area contributed by atoms with Crippen molar-refractivity contribution in [2.45, 2.75) is 13.7 Å². The number of ether oxygens (including phenoxy) is 1. The summed E-state index contributed by atoms with van der Waals surface area (Å²) in [5, 5.41) is 10.0. The van der Waals surface area contributed by atoms with Crippen molar-refractivity contribution in [3.8, 4) is 0 Å². The van der Waals surface area contributed by atoms with Gasteiger partial charge in [0.05, 0.1) is 18.1 Å². The Balaban J connectivity index is 1.87. The number of urea groups is 1. The maximum atomic E-state index is 11.8. The highest BCUT2D eigenvalue weighted by Gasteiger charge is 2.04. The molecule has 2 N–H and O–H groups in total. The van der Waals surface area contributed by atoms with Gasteiger partial charge in [0.1, 0.15) is 6.73 Å². The molecular weight excluding hydrogens is 280 g/mol. The molecule has 0 aliphatic rings. The third kappa shape index (κ3) is 4.25. The second-order valence-corrected chi connectivity index (χ2v) is 4.41. The average Bonchev–Trinajstić information content (AvgIpc) is 2.86. The van der Waals surface area contributed by atoms with Gasteiger partial charge in [-0.15, -0.1) is 0 Å². The monoisotopic (exact) mass is 294 g/mol. The molecular formula is C13H15ClN4O2. The van der Waals surface area contributed by atoms with E-state index in [9.17, 15) is 4.79 Å². The lowest BCUT2D eigenvalue weighted by molar-refractivity contribution is 0.0792. The number of nitrogens with one attached hydrogen (secondary N) is 2. The van der Waals surface area contributed by atoms with Gasteiger partial charge in [0.2, 0.25) is 0 Å². The number of nitrogens with zero attached hydrogens (tertiary/aromatic N) is 2. The fourth-order valence-corrected chi connectivity index (χ4v) is 1.64. The Labute approximate surface area is 121 Å². The summed E-state index contributed by atoms with van der Waals surface area (Å²) in [6.07, 6.45) is 3.25. The van der Waals surface area contributed by atoms with Crippen LogP contribution in [0.3, 0.4) is 0 Å². The molecule has 6 nitrogen and oxygen atoms in total. The van der Waals surface area contributed by atoms with Crippen molar-refractivity contribution in [3.05, 3.63) is 41.7 Å². The van der Waals surface area contributed by atoms with Crippen molar-refractivity contribution < 1.29 is 9.53 Å². The Morgan fingerprint density at radius 2 is 2.00 bits per heavy atom. The summed E-state index contributed by atoms with van der Waals surface area (Å²) in [7, 11) is 0. The smallest absolute Gasteiger partial charge is 0.323 e. The first-order chi connectivity index (χ1) is 9.67. The predicted molar refractivity (Wildman–Crippen MR) is 77.9 cm³/mol. The molecule has 0 spiro atoms. The number of hydrogen-bond acceptors (Lipinski definition) is 3. The van der Waals surface area contributed by atoms with Crippen molar-refractivity contribution in [1.82, 2.24) is 9.78 Å². The minimum Gasteiger partial charge on any atom is -0.360 e. The van der Waals surface area contributed by atoms with Crippen LogP contribution in [0.2, 0.25) is 5.02 Å². The summed E-state index contributed by atoms with van der Waals surface area (Å²) in [5.41, 5.74) is 1.25. The number of carbonyl (C=O) groups excluding carboxylic acids is 1. The van der Waals surface area contributed by atoms with Crippen LogP contribution in [0.1, 0.15) is 6.92 Å². The van der Waals surface area contributed by atoms with Gasteiger partial charge in [-0.3, -0.25) is 0 Å². The normalized spacial score (nSPS) is 10.3. The van der Waals surface area contributed by atoms with Crippen molar-refractivity contribution in [1.29, 1.82) is 0 Å². The lowest BCUT2D eigenvalue weighted by Crippen LogP contribution is -2.19. The lowest BCUT2D eigenvalue weighted by atomic mass is 10.3.